The number of thiol groups is 1. The quantitative estimate of drug-likeness (QED) is 0.202. The third kappa shape index (κ3) is 8.43. The molecule has 1 aromatic carbocycles. The third-order valence-corrected chi connectivity index (χ3v) is 2.53. The van der Waals surface area contributed by atoms with Crippen molar-refractivity contribution in [3.05, 3.63) is 35.4 Å². The van der Waals surface area contributed by atoms with Crippen molar-refractivity contribution in [1.29, 1.82) is 0 Å². The summed E-state index contributed by atoms with van der Waals surface area (Å²) in [6, 6.07) is 5.37. The van der Waals surface area contributed by atoms with Crippen LogP contribution in [0.25, 0.3) is 0 Å². The Balaban J connectivity index is 0. The first kappa shape index (κ1) is 23.2. The van der Waals surface area contributed by atoms with E-state index in [1.54, 1.807) is 51.3 Å². The number of esters is 1. The molecule has 0 saturated carbocycles. The molecule has 24 heavy (non-hydrogen) atoms. The average molecular weight is 597 g/mol. The molecule has 0 aromatic heterocycles. The summed E-state index contributed by atoms with van der Waals surface area (Å²) in [6.45, 7) is 5.29. The van der Waals surface area contributed by atoms with E-state index >= 15 is 0 Å². The van der Waals surface area contributed by atoms with Crippen molar-refractivity contribution in [2.75, 3.05) is 6.26 Å². The minimum atomic E-state index is -1.17. The predicted molar refractivity (Wildman–Crippen MR) is 90.5 cm³/mol. The van der Waals surface area contributed by atoms with Gasteiger partial charge in [0.25, 0.3) is 0 Å². The van der Waals surface area contributed by atoms with Gasteiger partial charge in [0.2, 0.25) is 0 Å². The van der Waals surface area contributed by atoms with Gasteiger partial charge in [-0.05, 0) is 44.7 Å². The molecule has 6 nitrogen and oxygen atoms in total. The van der Waals surface area contributed by atoms with Gasteiger partial charge in [0.1, 0.15) is 11.6 Å². The van der Waals surface area contributed by atoms with Crippen LogP contribution in [0, 0.1) is 0 Å². The molecule has 0 heterocycles. The summed E-state index contributed by atoms with van der Waals surface area (Å²) in [5.41, 5.74) is 0.334. The van der Waals surface area contributed by atoms with Crippen LogP contribution in [0.4, 0.5) is 0 Å². The Hall–Kier alpha value is -3.02. The Morgan fingerprint density at radius 3 is 2.38 bits per heavy atom. The van der Waals surface area contributed by atoms with Gasteiger partial charge in [-0.1, -0.05) is 12.1 Å². The van der Waals surface area contributed by atoms with Gasteiger partial charge in [0.05, 0.1) is 5.56 Å². The van der Waals surface area contributed by atoms with Crippen LogP contribution < -0.4 is 5.32 Å². The molecule has 0 aliphatic carbocycles. The van der Waals surface area contributed by atoms with Gasteiger partial charge in [-0.25, -0.2) is 4.79 Å². The molecule has 1 atom stereocenters. The van der Waals surface area contributed by atoms with Crippen LogP contribution in [0.5, 0.6) is 0 Å². The zero-order valence-electron chi connectivity index (χ0n) is 13.9. The number of nitrogens with one attached hydrogen (secondary N) is 1. The van der Waals surface area contributed by atoms with Gasteiger partial charge >= 0.3 is 11.9 Å². The van der Waals surface area contributed by atoms with Crippen LogP contribution in [0.15, 0.2) is 24.3 Å². The summed E-state index contributed by atoms with van der Waals surface area (Å²) in [4.78, 5) is 33.2. The normalized spacial score (nSPS) is 11.0. The fraction of sp³-hybridized carbons (Fsp3) is 0.438. The molecule has 8 heteroatoms. The SMILES string of the molecule is CC(C)(C)OC(=O)c1cccc(CC(N[C-]=O)C(=O)O)c1.CS.[Fm]. The monoisotopic (exact) mass is 597 g/mol. The fourth-order valence-corrected chi connectivity index (χ4v) is 1.67. The Kier molecular flexibility index (Phi) is 10.3. The number of carbonyl (C=O) groups excluding carboxylic acids is 2. The Labute approximate surface area is 141 Å². The maximum absolute atomic E-state index is 11.9. The van der Waals surface area contributed by atoms with Crippen molar-refractivity contribution < 1.29 is 24.2 Å². The number of carbonyl (C=O) groups is 2. The first-order valence-electron chi connectivity index (χ1n) is 6.85. The predicted octanol–water partition coefficient (Wildman–Crippen LogP) is 1.84. The summed E-state index contributed by atoms with van der Waals surface area (Å²) in [5, 5.41) is 11.1. The molecule has 1 aromatic rings. The number of carboxylic acid groups (broad SMARTS) is 1. The van der Waals surface area contributed by atoms with E-state index in [2.05, 4.69) is 17.9 Å². The molecule has 0 spiro atoms. The van der Waals surface area contributed by atoms with Crippen molar-refractivity contribution in [1.82, 2.24) is 5.32 Å². The first-order chi connectivity index (χ1) is 10.7. The molecule has 0 saturated heterocycles. The topological polar surface area (TPSA) is 92.7 Å². The second-order valence-corrected chi connectivity index (χ2v) is 5.54. The van der Waals surface area contributed by atoms with Crippen molar-refractivity contribution in [3.63, 3.8) is 0 Å². The van der Waals surface area contributed by atoms with E-state index < -0.39 is 23.6 Å². The second-order valence-electron chi connectivity index (χ2n) is 5.54. The zero-order chi connectivity index (χ0) is 18.0. The number of hydrogen-bond acceptors (Lipinski definition) is 5. The molecule has 1 amide bonds. The van der Waals surface area contributed by atoms with E-state index in [0.29, 0.717) is 11.1 Å². The summed E-state index contributed by atoms with van der Waals surface area (Å²) < 4.78 is 5.25. The van der Waals surface area contributed by atoms with Crippen LogP contribution in [0.3, 0.4) is 0 Å². The van der Waals surface area contributed by atoms with Crippen molar-refractivity contribution >= 4 is 31.0 Å². The molecule has 1 unspecified atom stereocenters. The van der Waals surface area contributed by atoms with Crippen LogP contribution in [0.1, 0.15) is 36.7 Å². The van der Waals surface area contributed by atoms with E-state index in [-0.39, 0.29) is 6.42 Å². The molecular formula is C16H22FmNO5S-. The largest absolute Gasteiger partial charge is 0.520 e. The summed E-state index contributed by atoms with van der Waals surface area (Å²) in [5.74, 6) is -1.65. The maximum Gasteiger partial charge on any atom is 0.338 e. The second kappa shape index (κ2) is 10.7. The van der Waals surface area contributed by atoms with Gasteiger partial charge in [-0.3, -0.25) is 4.79 Å². The minimum Gasteiger partial charge on any atom is -0.520 e. The molecular weight excluding hydrogens is 575 g/mol. The molecule has 0 fully saturated rings. The molecule has 1 rings (SSSR count). The number of aliphatic carboxylic acids is 1. The fourth-order valence-electron chi connectivity index (χ4n) is 1.67. The minimum absolute atomic E-state index is 0. The van der Waals surface area contributed by atoms with E-state index in [9.17, 15) is 14.4 Å². The van der Waals surface area contributed by atoms with Crippen LogP contribution in [-0.4, -0.2) is 41.4 Å². The van der Waals surface area contributed by atoms with Gasteiger partial charge in [-0.15, -0.1) is 0 Å². The van der Waals surface area contributed by atoms with Gasteiger partial charge in [-0.2, -0.15) is 19.0 Å². The Morgan fingerprint density at radius 2 is 1.92 bits per heavy atom. The van der Waals surface area contributed by atoms with Crippen LogP contribution >= 0.6 is 12.6 Å². The van der Waals surface area contributed by atoms with E-state index in [1.807, 2.05) is 0 Å². The van der Waals surface area contributed by atoms with E-state index in [4.69, 9.17) is 9.84 Å². The molecule has 0 radical (unpaired) electrons. The van der Waals surface area contributed by atoms with Crippen molar-refractivity contribution in [2.45, 2.75) is 38.8 Å². The maximum atomic E-state index is 11.9. The van der Waals surface area contributed by atoms with Gasteiger partial charge in [0.15, 0.2) is 0 Å². The van der Waals surface area contributed by atoms with Gasteiger partial charge < -0.3 is 20.0 Å². The molecule has 0 bridgehead atoms. The van der Waals surface area contributed by atoms with Gasteiger partial charge in [0, 0.05) is 6.42 Å². The average Bonchev–Trinajstić information content (AvgIpc) is 2.47. The number of hydrogen-bond donors (Lipinski definition) is 3. The van der Waals surface area contributed by atoms with Crippen molar-refractivity contribution in [3.8, 4) is 0 Å². The Morgan fingerprint density at radius 1 is 1.33 bits per heavy atom. The third-order valence-electron chi connectivity index (χ3n) is 2.53. The van der Waals surface area contributed by atoms with E-state index in [0.717, 1.165) is 0 Å². The number of benzene rings is 1. The Bertz CT molecular complexity index is 546. The first-order valence-corrected chi connectivity index (χ1v) is 7.75. The molecule has 0 aliphatic heterocycles. The summed E-state index contributed by atoms with van der Waals surface area (Å²) >= 11 is 3.53. The number of amides is 1. The zero-order valence-corrected chi connectivity index (χ0v) is 17.2. The smallest absolute Gasteiger partial charge is 0.338 e. The summed E-state index contributed by atoms with van der Waals surface area (Å²) in [7, 11) is 0. The number of ether oxygens (including phenoxy) is 1. The number of carboxylic acids is 1. The van der Waals surface area contributed by atoms with E-state index in [1.165, 1.54) is 6.41 Å². The van der Waals surface area contributed by atoms with Crippen LogP contribution in [-0.2, 0) is 20.7 Å². The number of rotatable bonds is 6. The molecule has 0 aliphatic rings. The molecule has 2 N–H and O–H groups in total. The summed E-state index contributed by atoms with van der Waals surface area (Å²) in [6.07, 6.45) is 3.12. The van der Waals surface area contributed by atoms with Crippen molar-refractivity contribution in [2.24, 2.45) is 0 Å². The standard InChI is InChI=1S/C15H18NO5.CH4S.Fm/c1-15(2,3)21-14(20)11-6-4-5-10(7-11)8-12(13(18)19)16-9-17;1-2;/h4-7,12H,8H2,1-3H3,(H,16,17)(H,18,19);2H,1H3;/q-1;;. The molecule has 140 valence electrons. The van der Waals surface area contributed by atoms with Crippen LogP contribution in [0.2, 0.25) is 0 Å².